The van der Waals surface area contributed by atoms with Gasteiger partial charge in [-0.05, 0) is 43.3 Å². The van der Waals surface area contributed by atoms with E-state index >= 15 is 0 Å². The predicted octanol–water partition coefficient (Wildman–Crippen LogP) is 4.33. The van der Waals surface area contributed by atoms with E-state index in [-0.39, 0.29) is 6.61 Å². The molecule has 7 heteroatoms. The van der Waals surface area contributed by atoms with Crippen LogP contribution in [-0.2, 0) is 18.9 Å². The number of benzene rings is 3. The van der Waals surface area contributed by atoms with E-state index in [1.165, 1.54) is 7.11 Å². The summed E-state index contributed by atoms with van der Waals surface area (Å²) in [5.41, 5.74) is 1.05. The Kier molecular flexibility index (Phi) is 8.94. The summed E-state index contributed by atoms with van der Waals surface area (Å²) in [7, 11) is 1.40. The first kappa shape index (κ1) is 24.7. The average molecular weight is 462 g/mol. The summed E-state index contributed by atoms with van der Waals surface area (Å²) in [5, 5.41) is 0. The summed E-state index contributed by atoms with van der Waals surface area (Å²) >= 11 is 0. The molecule has 0 radical (unpaired) electrons. The topological polar surface area (TPSA) is 88.1 Å². The fourth-order valence-electron chi connectivity index (χ4n) is 3.23. The maximum Gasteiger partial charge on any atom is 0.338 e. The summed E-state index contributed by atoms with van der Waals surface area (Å²) in [4.78, 5) is 37.8. The van der Waals surface area contributed by atoms with Gasteiger partial charge in [-0.2, -0.15) is 0 Å². The number of hydrogen-bond donors (Lipinski definition) is 0. The fraction of sp³-hybridized carbons (Fsp3) is 0.222. The second-order valence-electron chi connectivity index (χ2n) is 7.45. The summed E-state index contributed by atoms with van der Waals surface area (Å²) in [6, 6.07) is 25.4. The van der Waals surface area contributed by atoms with Crippen LogP contribution in [0.3, 0.4) is 0 Å². The molecule has 7 nitrogen and oxygen atoms in total. The molecule has 0 amide bonds. The maximum absolute atomic E-state index is 12.8. The summed E-state index contributed by atoms with van der Waals surface area (Å²) in [5.74, 6) is -1.75. The van der Waals surface area contributed by atoms with Crippen LogP contribution in [0.25, 0.3) is 0 Å². The maximum atomic E-state index is 12.8. The van der Waals surface area contributed by atoms with Crippen molar-refractivity contribution in [3.8, 4) is 0 Å². The first-order valence-corrected chi connectivity index (χ1v) is 10.8. The summed E-state index contributed by atoms with van der Waals surface area (Å²) < 4.78 is 22.2. The Morgan fingerprint density at radius 1 is 0.647 bits per heavy atom. The lowest BCUT2D eigenvalue weighted by atomic mass is 10.1. The van der Waals surface area contributed by atoms with Crippen molar-refractivity contribution in [3.05, 3.63) is 108 Å². The normalized spacial score (nSPS) is 13.2. The van der Waals surface area contributed by atoms with Crippen molar-refractivity contribution in [2.24, 2.45) is 0 Å². The highest BCUT2D eigenvalue weighted by atomic mass is 16.6. The molecule has 3 aromatic carbocycles. The summed E-state index contributed by atoms with van der Waals surface area (Å²) in [6.45, 7) is 1.37. The van der Waals surface area contributed by atoms with Gasteiger partial charge in [0.2, 0.25) is 0 Å². The van der Waals surface area contributed by atoms with Crippen LogP contribution in [0, 0.1) is 0 Å². The van der Waals surface area contributed by atoms with Crippen molar-refractivity contribution in [2.45, 2.75) is 25.2 Å². The van der Waals surface area contributed by atoms with Gasteiger partial charge in [-0.25, -0.2) is 14.4 Å². The molecular formula is C27H26O7. The van der Waals surface area contributed by atoms with E-state index in [1.54, 1.807) is 97.9 Å². The highest BCUT2D eigenvalue weighted by molar-refractivity contribution is 5.90. The van der Waals surface area contributed by atoms with E-state index in [1.807, 2.05) is 0 Å². The molecule has 0 unspecified atom stereocenters. The lowest BCUT2D eigenvalue weighted by Gasteiger charge is -2.30. The summed E-state index contributed by atoms with van der Waals surface area (Å²) in [6.07, 6.45) is -2.84. The molecule has 0 N–H and O–H groups in total. The molecule has 0 saturated heterocycles. The van der Waals surface area contributed by atoms with Gasteiger partial charge in [0.15, 0.2) is 6.10 Å². The van der Waals surface area contributed by atoms with E-state index in [9.17, 15) is 14.4 Å². The van der Waals surface area contributed by atoms with E-state index in [0.717, 1.165) is 0 Å². The van der Waals surface area contributed by atoms with Crippen LogP contribution in [0.5, 0.6) is 0 Å². The van der Waals surface area contributed by atoms with Gasteiger partial charge >= 0.3 is 17.9 Å². The molecule has 0 aliphatic heterocycles. The highest BCUT2D eigenvalue weighted by Crippen LogP contribution is 2.18. The van der Waals surface area contributed by atoms with Gasteiger partial charge in [-0.3, -0.25) is 0 Å². The Morgan fingerprint density at radius 3 is 1.50 bits per heavy atom. The molecule has 0 aliphatic rings. The number of carbonyl (C=O) groups is 3. The van der Waals surface area contributed by atoms with Gasteiger partial charge in [0.05, 0.1) is 16.7 Å². The second kappa shape index (κ2) is 12.3. The lowest BCUT2D eigenvalue weighted by molar-refractivity contribution is -0.103. The number of esters is 3. The monoisotopic (exact) mass is 462 g/mol. The molecule has 0 aliphatic carbocycles. The minimum absolute atomic E-state index is 0.218. The number of ether oxygens (including phenoxy) is 4. The zero-order valence-electron chi connectivity index (χ0n) is 19.0. The first-order valence-electron chi connectivity index (χ1n) is 10.8. The Hall–Kier alpha value is -3.97. The van der Waals surface area contributed by atoms with E-state index in [2.05, 4.69) is 0 Å². The molecule has 0 spiro atoms. The van der Waals surface area contributed by atoms with Crippen LogP contribution in [0.15, 0.2) is 91.0 Å². The second-order valence-corrected chi connectivity index (χ2v) is 7.45. The SMILES string of the molecule is CO[C@@H](COC(=O)c1ccccc1)[C@H](OC(=O)c1ccccc1)[C@H](C)OC(=O)c1ccccc1. The van der Waals surface area contributed by atoms with Crippen LogP contribution in [0.1, 0.15) is 38.0 Å². The van der Waals surface area contributed by atoms with Crippen molar-refractivity contribution in [1.29, 1.82) is 0 Å². The molecule has 176 valence electrons. The van der Waals surface area contributed by atoms with Crippen LogP contribution in [0.4, 0.5) is 0 Å². The average Bonchev–Trinajstić information content (AvgIpc) is 2.89. The largest absolute Gasteiger partial charge is 0.459 e. The van der Waals surface area contributed by atoms with Gasteiger partial charge in [-0.1, -0.05) is 54.6 Å². The van der Waals surface area contributed by atoms with Crippen molar-refractivity contribution in [1.82, 2.24) is 0 Å². The Bertz CT molecular complexity index is 1070. The molecule has 0 fully saturated rings. The molecule has 0 heterocycles. The number of hydrogen-bond acceptors (Lipinski definition) is 7. The third kappa shape index (κ3) is 6.76. The minimum atomic E-state index is -1.05. The molecule has 3 rings (SSSR count). The van der Waals surface area contributed by atoms with Crippen molar-refractivity contribution in [2.75, 3.05) is 13.7 Å². The van der Waals surface area contributed by atoms with Gasteiger partial charge in [0.1, 0.15) is 18.8 Å². The van der Waals surface area contributed by atoms with Crippen molar-refractivity contribution in [3.63, 3.8) is 0 Å². The van der Waals surface area contributed by atoms with Gasteiger partial charge in [0, 0.05) is 7.11 Å². The van der Waals surface area contributed by atoms with E-state index in [4.69, 9.17) is 18.9 Å². The molecule has 3 atom stereocenters. The molecule has 0 bridgehead atoms. The van der Waals surface area contributed by atoms with Gasteiger partial charge < -0.3 is 18.9 Å². The van der Waals surface area contributed by atoms with Gasteiger partial charge in [-0.15, -0.1) is 0 Å². The highest BCUT2D eigenvalue weighted by Gasteiger charge is 2.35. The third-order valence-electron chi connectivity index (χ3n) is 5.08. The Morgan fingerprint density at radius 2 is 1.06 bits per heavy atom. The predicted molar refractivity (Wildman–Crippen MR) is 124 cm³/mol. The zero-order chi connectivity index (χ0) is 24.3. The number of rotatable bonds is 10. The number of carbonyl (C=O) groups excluding carboxylic acids is 3. The standard InChI is InChI=1S/C27H26O7/c1-19(33-26(29)21-14-8-4-9-15-21)24(34-27(30)22-16-10-5-11-17-22)23(31-2)18-32-25(28)20-12-6-3-7-13-20/h3-17,19,23-24H,18H2,1-2H3/t19-,23-,24+/m0/s1. The molecular weight excluding hydrogens is 436 g/mol. The zero-order valence-corrected chi connectivity index (χ0v) is 19.0. The quantitative estimate of drug-likeness (QED) is 0.327. The fourth-order valence-corrected chi connectivity index (χ4v) is 3.23. The molecule has 34 heavy (non-hydrogen) atoms. The first-order chi connectivity index (χ1) is 16.5. The van der Waals surface area contributed by atoms with Crippen LogP contribution in [-0.4, -0.2) is 49.9 Å². The Balaban J connectivity index is 1.76. The van der Waals surface area contributed by atoms with Crippen LogP contribution < -0.4 is 0 Å². The van der Waals surface area contributed by atoms with Crippen molar-refractivity contribution < 1.29 is 33.3 Å². The van der Waals surface area contributed by atoms with Crippen molar-refractivity contribution >= 4 is 17.9 Å². The molecule has 0 aromatic heterocycles. The number of methoxy groups -OCH3 is 1. The van der Waals surface area contributed by atoms with E-state index in [0.29, 0.717) is 16.7 Å². The molecule has 3 aromatic rings. The third-order valence-corrected chi connectivity index (χ3v) is 5.08. The van der Waals surface area contributed by atoms with E-state index < -0.39 is 36.2 Å². The van der Waals surface area contributed by atoms with Crippen LogP contribution >= 0.6 is 0 Å². The smallest absolute Gasteiger partial charge is 0.338 e. The Labute approximate surface area is 198 Å². The molecule has 0 saturated carbocycles. The lowest BCUT2D eigenvalue weighted by Crippen LogP contribution is -2.45. The van der Waals surface area contributed by atoms with Crippen LogP contribution in [0.2, 0.25) is 0 Å². The minimum Gasteiger partial charge on any atom is -0.459 e. The van der Waals surface area contributed by atoms with Gasteiger partial charge in [0.25, 0.3) is 0 Å².